The van der Waals surface area contributed by atoms with Gasteiger partial charge in [-0.25, -0.2) is 0 Å². The zero-order valence-corrected chi connectivity index (χ0v) is 53.4. The standard InChI is InChI=1S/C77H122O6/c1-4-7-10-13-16-19-22-25-27-29-31-32-33-34-35-36-37-38-39-40-41-42-43-44-46-47-49-52-55-58-61-64-67-70-76(79)82-73-74(72-81-75(78)69-66-63-60-57-54-51-24-21-18-15-12-9-6-3)83-77(80)71-68-65-62-59-56-53-50-48-45-30-28-26-23-20-17-14-11-8-5-2/h7-8,10-11,16-17,19-21,24-28,31-32,34-35,37-38,40-41,45,48,53,56,62,65,74H,4-6,9,12-15,18,22-23,29-30,33,36,39,42-44,46-47,49-52,54-55,57-61,63-64,66-73H2,1-3H3/b10-7-,11-8-,19-16-,20-17-,24-21-,27-25-,28-26-,32-31-,35-34-,38-37-,41-40-,48-45-,56-53-,65-62-. The molecule has 6 heteroatoms. The molecule has 0 rings (SSSR count). The van der Waals surface area contributed by atoms with E-state index < -0.39 is 12.1 Å². The van der Waals surface area contributed by atoms with Crippen LogP contribution in [0.3, 0.4) is 0 Å². The van der Waals surface area contributed by atoms with Gasteiger partial charge in [0.05, 0.1) is 0 Å². The van der Waals surface area contributed by atoms with E-state index in [2.05, 4.69) is 185 Å². The summed E-state index contributed by atoms with van der Waals surface area (Å²) in [6.45, 7) is 6.32. The second-order valence-corrected chi connectivity index (χ2v) is 21.6. The van der Waals surface area contributed by atoms with Gasteiger partial charge >= 0.3 is 17.9 Å². The van der Waals surface area contributed by atoms with Gasteiger partial charge in [0.15, 0.2) is 6.10 Å². The Bertz CT molecular complexity index is 1890. The molecule has 0 aromatic carbocycles. The van der Waals surface area contributed by atoms with Crippen molar-refractivity contribution in [2.75, 3.05) is 13.2 Å². The first-order valence-corrected chi connectivity index (χ1v) is 33.6. The van der Waals surface area contributed by atoms with Crippen molar-refractivity contribution >= 4 is 17.9 Å². The van der Waals surface area contributed by atoms with Crippen molar-refractivity contribution in [1.29, 1.82) is 0 Å². The van der Waals surface area contributed by atoms with Crippen LogP contribution in [-0.2, 0) is 28.6 Å². The van der Waals surface area contributed by atoms with Crippen LogP contribution in [0.15, 0.2) is 170 Å². The Balaban J connectivity index is 4.36. The van der Waals surface area contributed by atoms with Crippen molar-refractivity contribution in [1.82, 2.24) is 0 Å². The Morgan fingerprint density at radius 3 is 0.795 bits per heavy atom. The minimum Gasteiger partial charge on any atom is -0.462 e. The molecule has 0 saturated carbocycles. The molecule has 1 atom stereocenters. The lowest BCUT2D eigenvalue weighted by atomic mass is 10.0. The molecular formula is C77H122O6. The van der Waals surface area contributed by atoms with Gasteiger partial charge in [-0.15, -0.1) is 0 Å². The van der Waals surface area contributed by atoms with Gasteiger partial charge in [-0.3, -0.25) is 14.4 Å². The predicted molar refractivity (Wildman–Crippen MR) is 361 cm³/mol. The number of hydrogen-bond donors (Lipinski definition) is 0. The molecule has 0 N–H and O–H groups in total. The first-order valence-electron chi connectivity index (χ1n) is 33.6. The van der Waals surface area contributed by atoms with Gasteiger partial charge < -0.3 is 14.2 Å². The molecular weight excluding hydrogens is 1020 g/mol. The maximum absolute atomic E-state index is 12.9. The van der Waals surface area contributed by atoms with E-state index in [0.29, 0.717) is 19.3 Å². The topological polar surface area (TPSA) is 78.9 Å². The monoisotopic (exact) mass is 1140 g/mol. The number of unbranched alkanes of at least 4 members (excludes halogenated alkanes) is 20. The van der Waals surface area contributed by atoms with Gasteiger partial charge in [-0.2, -0.15) is 0 Å². The summed E-state index contributed by atoms with van der Waals surface area (Å²) in [6.07, 6.45) is 102. The molecule has 0 aromatic rings. The highest BCUT2D eigenvalue weighted by Gasteiger charge is 2.19. The molecule has 0 saturated heterocycles. The number of ether oxygens (including phenoxy) is 3. The number of hydrogen-bond acceptors (Lipinski definition) is 6. The Labute approximate surface area is 511 Å². The molecule has 0 spiro atoms. The average Bonchev–Trinajstić information content (AvgIpc) is 3.49. The quantitative estimate of drug-likeness (QED) is 0.0261. The van der Waals surface area contributed by atoms with Crippen molar-refractivity contribution in [2.45, 2.75) is 284 Å². The SMILES string of the molecule is CC/C=C\C/C=C\C/C=C\C/C=C\C/C=C\C/C=C\C/C=C\CCCCCCCCCCCCCC(=O)OCC(COC(=O)CCCCCCC/C=C\CCCCCC)OC(=O)CC/C=C\C/C=C\C/C=C\C/C=C\C/C=C\C/C=C\CC. The lowest BCUT2D eigenvalue weighted by Gasteiger charge is -2.18. The van der Waals surface area contributed by atoms with Gasteiger partial charge in [0.1, 0.15) is 13.2 Å². The van der Waals surface area contributed by atoms with Gasteiger partial charge in [-0.05, 0) is 141 Å². The van der Waals surface area contributed by atoms with Crippen molar-refractivity contribution in [2.24, 2.45) is 0 Å². The average molecular weight is 1140 g/mol. The summed E-state index contributed by atoms with van der Waals surface area (Å²) in [6, 6.07) is 0. The van der Waals surface area contributed by atoms with Crippen LogP contribution < -0.4 is 0 Å². The number of allylic oxidation sites excluding steroid dienone is 28. The lowest BCUT2D eigenvalue weighted by molar-refractivity contribution is -0.166. The summed E-state index contributed by atoms with van der Waals surface area (Å²) in [5.74, 6) is -1.02. The van der Waals surface area contributed by atoms with Crippen LogP contribution in [0.2, 0.25) is 0 Å². The van der Waals surface area contributed by atoms with E-state index in [9.17, 15) is 14.4 Å². The molecule has 83 heavy (non-hydrogen) atoms. The smallest absolute Gasteiger partial charge is 0.306 e. The van der Waals surface area contributed by atoms with Crippen LogP contribution in [0.4, 0.5) is 0 Å². The Morgan fingerprint density at radius 1 is 0.253 bits per heavy atom. The normalized spacial score (nSPS) is 13.2. The number of esters is 3. The molecule has 0 aliphatic carbocycles. The molecule has 1 unspecified atom stereocenters. The summed E-state index contributed by atoms with van der Waals surface area (Å²) >= 11 is 0. The fraction of sp³-hybridized carbons (Fsp3) is 0.597. The maximum Gasteiger partial charge on any atom is 0.306 e. The fourth-order valence-electron chi connectivity index (χ4n) is 8.74. The number of carbonyl (C=O) groups excluding carboxylic acids is 3. The third kappa shape index (κ3) is 67.4. The van der Waals surface area contributed by atoms with Gasteiger partial charge in [-0.1, -0.05) is 287 Å². The summed E-state index contributed by atoms with van der Waals surface area (Å²) in [4.78, 5) is 38.3. The summed E-state index contributed by atoms with van der Waals surface area (Å²) in [7, 11) is 0. The van der Waals surface area contributed by atoms with Crippen LogP contribution >= 0.6 is 0 Å². The molecule has 6 nitrogen and oxygen atoms in total. The van der Waals surface area contributed by atoms with E-state index in [1.807, 2.05) is 6.08 Å². The van der Waals surface area contributed by atoms with Crippen LogP contribution in [0, 0.1) is 0 Å². The van der Waals surface area contributed by atoms with Gasteiger partial charge in [0, 0.05) is 19.3 Å². The summed E-state index contributed by atoms with van der Waals surface area (Å²) in [5, 5.41) is 0. The minimum absolute atomic E-state index is 0.118. The third-order valence-electron chi connectivity index (χ3n) is 13.7. The van der Waals surface area contributed by atoms with Gasteiger partial charge in [0.25, 0.3) is 0 Å². The zero-order chi connectivity index (χ0) is 59.9. The Kier molecular flexibility index (Phi) is 64.9. The van der Waals surface area contributed by atoms with Gasteiger partial charge in [0.2, 0.25) is 0 Å². The van der Waals surface area contributed by atoms with Crippen molar-refractivity contribution < 1.29 is 28.6 Å². The molecule has 0 bridgehead atoms. The molecule has 0 amide bonds. The summed E-state index contributed by atoms with van der Waals surface area (Å²) in [5.41, 5.74) is 0. The Hall–Kier alpha value is -5.23. The first-order chi connectivity index (χ1) is 41.0. The van der Waals surface area contributed by atoms with E-state index in [1.165, 1.54) is 96.3 Å². The Morgan fingerprint density at radius 2 is 0.494 bits per heavy atom. The van der Waals surface area contributed by atoms with Crippen LogP contribution in [-0.4, -0.2) is 37.2 Å². The van der Waals surface area contributed by atoms with E-state index in [0.717, 1.165) is 135 Å². The third-order valence-corrected chi connectivity index (χ3v) is 13.7. The molecule has 466 valence electrons. The molecule has 0 aliphatic rings. The zero-order valence-electron chi connectivity index (χ0n) is 53.4. The van der Waals surface area contributed by atoms with E-state index in [4.69, 9.17) is 14.2 Å². The fourth-order valence-corrected chi connectivity index (χ4v) is 8.74. The molecule has 0 aliphatic heterocycles. The summed E-state index contributed by atoms with van der Waals surface area (Å²) < 4.78 is 16.8. The first kappa shape index (κ1) is 77.8. The molecule has 0 fully saturated rings. The van der Waals surface area contributed by atoms with E-state index >= 15 is 0 Å². The van der Waals surface area contributed by atoms with Crippen molar-refractivity contribution in [3.05, 3.63) is 170 Å². The maximum atomic E-state index is 12.9. The molecule has 0 radical (unpaired) electrons. The highest BCUT2D eigenvalue weighted by atomic mass is 16.6. The molecule has 0 heterocycles. The van der Waals surface area contributed by atoms with E-state index in [-0.39, 0.29) is 31.6 Å². The molecule has 0 aromatic heterocycles. The predicted octanol–water partition coefficient (Wildman–Crippen LogP) is 23.4. The highest BCUT2D eigenvalue weighted by molar-refractivity contribution is 5.71. The van der Waals surface area contributed by atoms with Crippen LogP contribution in [0.5, 0.6) is 0 Å². The van der Waals surface area contributed by atoms with Crippen molar-refractivity contribution in [3.8, 4) is 0 Å². The lowest BCUT2D eigenvalue weighted by Crippen LogP contribution is -2.30. The van der Waals surface area contributed by atoms with Crippen LogP contribution in [0.1, 0.15) is 278 Å². The highest BCUT2D eigenvalue weighted by Crippen LogP contribution is 2.15. The largest absolute Gasteiger partial charge is 0.462 e. The number of carbonyl (C=O) groups is 3. The van der Waals surface area contributed by atoms with E-state index in [1.54, 1.807) is 0 Å². The minimum atomic E-state index is -0.832. The van der Waals surface area contributed by atoms with Crippen molar-refractivity contribution in [3.63, 3.8) is 0 Å². The number of rotatable bonds is 59. The second-order valence-electron chi connectivity index (χ2n) is 21.6. The second kappa shape index (κ2) is 69.3. The van der Waals surface area contributed by atoms with Crippen LogP contribution in [0.25, 0.3) is 0 Å².